The van der Waals surface area contributed by atoms with Crippen LogP contribution in [0.5, 0.6) is 5.75 Å². The molecule has 0 saturated carbocycles. The molecule has 5 rings (SSSR count). The van der Waals surface area contributed by atoms with Crippen molar-refractivity contribution in [3.8, 4) is 16.9 Å². The quantitative estimate of drug-likeness (QED) is 0.228. The highest BCUT2D eigenvalue weighted by molar-refractivity contribution is 5.91. The van der Waals surface area contributed by atoms with Gasteiger partial charge >= 0.3 is 0 Å². The number of aryl methyl sites for hydroxylation is 1. The van der Waals surface area contributed by atoms with Gasteiger partial charge in [0.25, 0.3) is 5.91 Å². The summed E-state index contributed by atoms with van der Waals surface area (Å²) in [6.45, 7) is 3.75. The second kappa shape index (κ2) is 11.7. The van der Waals surface area contributed by atoms with Crippen molar-refractivity contribution < 1.29 is 13.9 Å². The number of nitrogens with zero attached hydrogens (tertiary/aromatic N) is 3. The third kappa shape index (κ3) is 6.07. The summed E-state index contributed by atoms with van der Waals surface area (Å²) in [6, 6.07) is 18.4. The molecule has 1 amide bonds. The van der Waals surface area contributed by atoms with Gasteiger partial charge in [0.05, 0.1) is 24.7 Å². The van der Waals surface area contributed by atoms with E-state index in [0.29, 0.717) is 30.3 Å². The third-order valence-corrected chi connectivity index (χ3v) is 6.24. The molecule has 3 aromatic heterocycles. The largest absolute Gasteiger partial charge is 0.495 e. The number of rotatable bonds is 11. The molecule has 194 valence electrons. The topological polar surface area (TPSA) is 118 Å². The number of ether oxygens (including phenoxy) is 1. The Labute approximate surface area is 220 Å². The summed E-state index contributed by atoms with van der Waals surface area (Å²) in [5.74, 6) is 1.74. The third-order valence-electron chi connectivity index (χ3n) is 6.24. The van der Waals surface area contributed by atoms with Crippen LogP contribution in [-0.2, 0) is 19.4 Å². The zero-order valence-corrected chi connectivity index (χ0v) is 21.5. The van der Waals surface area contributed by atoms with Gasteiger partial charge in [-0.1, -0.05) is 35.9 Å². The van der Waals surface area contributed by atoms with E-state index in [-0.39, 0.29) is 18.1 Å². The number of nitrogens with one attached hydrogen (secondary N) is 3. The first-order valence-electron chi connectivity index (χ1n) is 12.6. The minimum absolute atomic E-state index is 0.238. The van der Waals surface area contributed by atoms with Crippen LogP contribution in [-0.4, -0.2) is 46.0 Å². The highest BCUT2D eigenvalue weighted by Gasteiger charge is 2.13. The summed E-state index contributed by atoms with van der Waals surface area (Å²) in [6.07, 6.45) is 4.37. The van der Waals surface area contributed by atoms with E-state index >= 15 is 0 Å². The minimum Gasteiger partial charge on any atom is -0.495 e. The molecule has 0 bridgehead atoms. The normalized spacial score (nSPS) is 11.1. The first-order valence-corrected chi connectivity index (χ1v) is 12.6. The number of methoxy groups -OCH3 is 1. The van der Waals surface area contributed by atoms with Crippen LogP contribution < -0.4 is 15.4 Å². The number of hydrogen-bond acceptors (Lipinski definition) is 7. The SMILES string of the molecule is COc1cccnc1CNC(=O)c1coc(CCNCCc2nc3ccc(-c4ccc(C)cc4)cc3[nH]2)n1. The molecular weight excluding hydrogens is 480 g/mol. The van der Waals surface area contributed by atoms with Gasteiger partial charge in [-0.2, -0.15) is 0 Å². The van der Waals surface area contributed by atoms with Crippen LogP contribution in [0.15, 0.2) is 71.5 Å². The highest BCUT2D eigenvalue weighted by atomic mass is 16.5. The van der Waals surface area contributed by atoms with Gasteiger partial charge in [0.15, 0.2) is 11.6 Å². The number of fused-ring (bicyclic) bond motifs is 1. The molecule has 0 aliphatic carbocycles. The maximum atomic E-state index is 12.4. The van der Waals surface area contributed by atoms with E-state index < -0.39 is 0 Å². The monoisotopic (exact) mass is 510 g/mol. The van der Waals surface area contributed by atoms with Crippen molar-refractivity contribution >= 4 is 16.9 Å². The van der Waals surface area contributed by atoms with Gasteiger partial charge in [-0.15, -0.1) is 0 Å². The summed E-state index contributed by atoms with van der Waals surface area (Å²) in [5, 5.41) is 6.18. The number of hydrogen-bond donors (Lipinski definition) is 3. The molecule has 0 aliphatic rings. The van der Waals surface area contributed by atoms with Crippen LogP contribution in [0.4, 0.5) is 0 Å². The second-order valence-corrected chi connectivity index (χ2v) is 8.99. The van der Waals surface area contributed by atoms with Crippen molar-refractivity contribution in [2.24, 2.45) is 0 Å². The lowest BCUT2D eigenvalue weighted by molar-refractivity contribution is 0.0945. The molecule has 0 fully saturated rings. The van der Waals surface area contributed by atoms with Crippen molar-refractivity contribution in [3.05, 3.63) is 95.7 Å². The molecule has 38 heavy (non-hydrogen) atoms. The zero-order valence-electron chi connectivity index (χ0n) is 21.5. The lowest BCUT2D eigenvalue weighted by Gasteiger charge is -2.07. The van der Waals surface area contributed by atoms with E-state index in [1.807, 2.05) is 0 Å². The standard InChI is InChI=1S/C29H30N6O3/c1-19-5-7-20(8-6-19)21-9-10-22-23(16-21)34-27(33-22)11-14-30-15-12-28-35-25(18-38-28)29(36)32-17-24-26(37-2)4-3-13-31-24/h3-10,13,16,18,30H,11-12,14-15,17H2,1-2H3,(H,32,36)(H,33,34). The molecule has 9 nitrogen and oxygen atoms in total. The van der Waals surface area contributed by atoms with Gasteiger partial charge in [0, 0.05) is 32.1 Å². The first-order chi connectivity index (χ1) is 18.6. The van der Waals surface area contributed by atoms with Crippen LogP contribution >= 0.6 is 0 Å². The minimum atomic E-state index is -0.323. The lowest BCUT2D eigenvalue weighted by Crippen LogP contribution is -2.24. The summed E-state index contributed by atoms with van der Waals surface area (Å²) in [5.41, 5.74) is 6.48. The summed E-state index contributed by atoms with van der Waals surface area (Å²) >= 11 is 0. The highest BCUT2D eigenvalue weighted by Crippen LogP contribution is 2.24. The lowest BCUT2D eigenvalue weighted by atomic mass is 10.0. The van der Waals surface area contributed by atoms with Gasteiger partial charge < -0.3 is 24.8 Å². The molecule has 3 heterocycles. The average molecular weight is 511 g/mol. The fourth-order valence-corrected chi connectivity index (χ4v) is 4.16. The Morgan fingerprint density at radius 3 is 2.68 bits per heavy atom. The molecule has 0 spiro atoms. The Morgan fingerprint density at radius 1 is 1.03 bits per heavy atom. The zero-order chi connectivity index (χ0) is 26.3. The molecule has 3 N–H and O–H groups in total. The molecular formula is C29H30N6O3. The molecule has 9 heteroatoms. The van der Waals surface area contributed by atoms with Gasteiger partial charge in [-0.05, 0) is 42.3 Å². The number of H-pyrrole nitrogens is 1. The maximum Gasteiger partial charge on any atom is 0.273 e. The van der Waals surface area contributed by atoms with Crippen molar-refractivity contribution in [2.45, 2.75) is 26.3 Å². The average Bonchev–Trinajstić information content (AvgIpc) is 3.58. The van der Waals surface area contributed by atoms with Crippen molar-refractivity contribution in [2.75, 3.05) is 20.2 Å². The van der Waals surface area contributed by atoms with Gasteiger partial charge in [-0.25, -0.2) is 9.97 Å². The van der Waals surface area contributed by atoms with E-state index in [9.17, 15) is 4.79 Å². The number of carbonyl (C=O) groups excluding carboxylic acids is 1. The summed E-state index contributed by atoms with van der Waals surface area (Å²) < 4.78 is 10.7. The van der Waals surface area contributed by atoms with Crippen LogP contribution in [0.2, 0.25) is 0 Å². The Hall–Kier alpha value is -4.50. The number of oxazole rings is 1. The first kappa shape index (κ1) is 25.2. The Balaban J connectivity index is 1.07. The Kier molecular flexibility index (Phi) is 7.75. The number of amides is 1. The fourth-order valence-electron chi connectivity index (χ4n) is 4.16. The number of benzene rings is 2. The predicted octanol–water partition coefficient (Wildman–Crippen LogP) is 4.23. The number of aromatic amines is 1. The van der Waals surface area contributed by atoms with Gasteiger partial charge in [-0.3, -0.25) is 9.78 Å². The van der Waals surface area contributed by atoms with E-state index in [4.69, 9.17) is 14.1 Å². The summed E-state index contributed by atoms with van der Waals surface area (Å²) in [4.78, 5) is 29.1. The number of aromatic nitrogens is 4. The molecule has 0 saturated heterocycles. The number of imidazole rings is 1. The van der Waals surface area contributed by atoms with Crippen LogP contribution in [0.3, 0.4) is 0 Å². The number of pyridine rings is 1. The molecule has 0 atom stereocenters. The second-order valence-electron chi connectivity index (χ2n) is 8.99. The Bertz CT molecular complexity index is 1520. The molecule has 2 aromatic carbocycles. The van der Waals surface area contributed by atoms with Gasteiger partial charge in [0.1, 0.15) is 23.5 Å². The van der Waals surface area contributed by atoms with Crippen molar-refractivity contribution in [1.82, 2.24) is 30.6 Å². The molecule has 5 aromatic rings. The predicted molar refractivity (Wildman–Crippen MR) is 145 cm³/mol. The van der Waals surface area contributed by atoms with E-state index in [0.717, 1.165) is 29.8 Å². The summed E-state index contributed by atoms with van der Waals surface area (Å²) in [7, 11) is 1.57. The van der Waals surface area contributed by atoms with Gasteiger partial charge in [0.2, 0.25) is 0 Å². The molecule has 0 aliphatic heterocycles. The van der Waals surface area contributed by atoms with E-state index in [1.165, 1.54) is 23.0 Å². The smallest absolute Gasteiger partial charge is 0.273 e. The maximum absolute atomic E-state index is 12.4. The van der Waals surface area contributed by atoms with Crippen LogP contribution in [0, 0.1) is 6.92 Å². The Morgan fingerprint density at radius 2 is 1.84 bits per heavy atom. The van der Waals surface area contributed by atoms with Crippen LogP contribution in [0.25, 0.3) is 22.2 Å². The molecule has 0 radical (unpaired) electrons. The van der Waals surface area contributed by atoms with Crippen molar-refractivity contribution in [1.29, 1.82) is 0 Å². The van der Waals surface area contributed by atoms with Crippen molar-refractivity contribution in [3.63, 3.8) is 0 Å². The van der Waals surface area contributed by atoms with E-state index in [1.54, 1.807) is 25.4 Å². The fraction of sp³-hybridized carbons (Fsp3) is 0.241. The molecule has 0 unspecified atom stereocenters. The van der Waals surface area contributed by atoms with E-state index in [2.05, 4.69) is 75.0 Å². The van der Waals surface area contributed by atoms with Crippen LogP contribution in [0.1, 0.15) is 33.5 Å². The number of carbonyl (C=O) groups is 1.